The quantitative estimate of drug-likeness (QED) is 0.753. The van der Waals surface area contributed by atoms with Gasteiger partial charge in [0, 0.05) is 13.0 Å². The van der Waals surface area contributed by atoms with Crippen LogP contribution in [0, 0.1) is 0 Å². The van der Waals surface area contributed by atoms with Crippen molar-refractivity contribution in [1.82, 2.24) is 4.90 Å². The summed E-state index contributed by atoms with van der Waals surface area (Å²) in [5.74, 6) is -0.707. The van der Waals surface area contributed by atoms with Crippen molar-refractivity contribution in [3.63, 3.8) is 0 Å². The number of carbonyl (C=O) groups is 1. The molecule has 0 aromatic heterocycles. The Morgan fingerprint density at radius 1 is 1.24 bits per heavy atom. The second-order valence-corrected chi connectivity index (χ2v) is 4.26. The third kappa shape index (κ3) is 6.07. The smallest absolute Gasteiger partial charge is 0.303 e. The Morgan fingerprint density at radius 2 is 1.94 bits per heavy atom. The van der Waals surface area contributed by atoms with Gasteiger partial charge in [0.05, 0.1) is 0 Å². The summed E-state index contributed by atoms with van der Waals surface area (Å²) in [5, 5.41) is 8.63. The molecule has 0 amide bonds. The number of aliphatic carboxylic acids is 1. The first-order valence-corrected chi connectivity index (χ1v) is 6.20. The molecule has 1 rings (SSSR count). The van der Waals surface area contributed by atoms with Crippen molar-refractivity contribution in [3.05, 3.63) is 35.9 Å². The molecule has 3 nitrogen and oxygen atoms in total. The Bertz CT molecular complexity index is 324. The van der Waals surface area contributed by atoms with Gasteiger partial charge < -0.3 is 5.11 Å². The average molecular weight is 235 g/mol. The van der Waals surface area contributed by atoms with E-state index in [4.69, 9.17) is 5.11 Å². The van der Waals surface area contributed by atoms with Gasteiger partial charge in [0.2, 0.25) is 0 Å². The van der Waals surface area contributed by atoms with E-state index in [2.05, 4.69) is 24.0 Å². The first-order chi connectivity index (χ1) is 8.22. The monoisotopic (exact) mass is 235 g/mol. The van der Waals surface area contributed by atoms with E-state index >= 15 is 0 Å². The molecule has 3 heteroatoms. The number of nitrogens with zero attached hydrogens (tertiary/aromatic N) is 1. The van der Waals surface area contributed by atoms with E-state index in [0.29, 0.717) is 0 Å². The molecule has 0 atom stereocenters. The third-order valence-electron chi connectivity index (χ3n) is 2.65. The number of rotatable bonds is 8. The number of hydrogen-bond acceptors (Lipinski definition) is 2. The van der Waals surface area contributed by atoms with Crippen molar-refractivity contribution in [1.29, 1.82) is 0 Å². The van der Waals surface area contributed by atoms with E-state index in [9.17, 15) is 4.79 Å². The van der Waals surface area contributed by atoms with E-state index < -0.39 is 5.97 Å². The standard InChI is InChI=1S/C14H21NO2/c1-2-10-15(11-6-9-14(16)17)12-13-7-4-3-5-8-13/h3-5,7-8H,2,6,9-12H2,1H3,(H,16,17). The normalized spacial score (nSPS) is 10.7. The minimum absolute atomic E-state index is 0.259. The van der Waals surface area contributed by atoms with Crippen molar-refractivity contribution in [2.45, 2.75) is 32.7 Å². The van der Waals surface area contributed by atoms with E-state index in [0.717, 1.165) is 32.5 Å². The number of carboxylic acid groups (broad SMARTS) is 1. The highest BCUT2D eigenvalue weighted by Gasteiger charge is 2.06. The minimum Gasteiger partial charge on any atom is -0.481 e. The Balaban J connectivity index is 2.40. The van der Waals surface area contributed by atoms with Crippen LogP contribution in [0.2, 0.25) is 0 Å². The molecule has 1 aromatic rings. The maximum atomic E-state index is 10.5. The van der Waals surface area contributed by atoms with Gasteiger partial charge in [-0.3, -0.25) is 9.69 Å². The molecule has 0 bridgehead atoms. The maximum Gasteiger partial charge on any atom is 0.303 e. The topological polar surface area (TPSA) is 40.5 Å². The lowest BCUT2D eigenvalue weighted by Gasteiger charge is -2.21. The highest BCUT2D eigenvalue weighted by Crippen LogP contribution is 2.06. The Morgan fingerprint density at radius 3 is 2.53 bits per heavy atom. The zero-order chi connectivity index (χ0) is 12.5. The van der Waals surface area contributed by atoms with Gasteiger partial charge in [-0.1, -0.05) is 37.3 Å². The van der Waals surface area contributed by atoms with Crippen LogP contribution < -0.4 is 0 Å². The summed E-state index contributed by atoms with van der Waals surface area (Å²) in [6.07, 6.45) is 2.08. The largest absolute Gasteiger partial charge is 0.481 e. The summed E-state index contributed by atoms with van der Waals surface area (Å²) in [7, 11) is 0. The Hall–Kier alpha value is -1.35. The van der Waals surface area contributed by atoms with Crippen LogP contribution in [0.3, 0.4) is 0 Å². The summed E-state index contributed by atoms with van der Waals surface area (Å²) in [5.41, 5.74) is 1.29. The highest BCUT2D eigenvalue weighted by molar-refractivity contribution is 5.66. The summed E-state index contributed by atoms with van der Waals surface area (Å²) in [6.45, 7) is 4.94. The molecule has 0 aliphatic carbocycles. The average Bonchev–Trinajstić information content (AvgIpc) is 2.30. The number of benzene rings is 1. The predicted octanol–water partition coefficient (Wildman–Crippen LogP) is 2.76. The number of hydrogen-bond donors (Lipinski definition) is 1. The third-order valence-corrected chi connectivity index (χ3v) is 2.65. The molecule has 0 radical (unpaired) electrons. The fourth-order valence-corrected chi connectivity index (χ4v) is 1.88. The van der Waals surface area contributed by atoms with Crippen LogP contribution in [0.1, 0.15) is 31.7 Å². The van der Waals surface area contributed by atoms with Gasteiger partial charge in [-0.15, -0.1) is 0 Å². The van der Waals surface area contributed by atoms with Crippen molar-refractivity contribution >= 4 is 5.97 Å². The van der Waals surface area contributed by atoms with Crippen LogP contribution in [-0.2, 0) is 11.3 Å². The van der Waals surface area contributed by atoms with Crippen molar-refractivity contribution in [3.8, 4) is 0 Å². The molecular weight excluding hydrogens is 214 g/mol. The fourth-order valence-electron chi connectivity index (χ4n) is 1.88. The van der Waals surface area contributed by atoms with Crippen LogP contribution in [0.15, 0.2) is 30.3 Å². The van der Waals surface area contributed by atoms with Gasteiger partial charge in [0.1, 0.15) is 0 Å². The maximum absolute atomic E-state index is 10.5. The van der Waals surface area contributed by atoms with Crippen molar-refractivity contribution < 1.29 is 9.90 Å². The molecule has 0 aliphatic heterocycles. The molecule has 0 saturated carbocycles. The molecule has 0 heterocycles. The zero-order valence-electron chi connectivity index (χ0n) is 10.4. The summed E-state index contributed by atoms with van der Waals surface area (Å²) in [6, 6.07) is 10.3. The van der Waals surface area contributed by atoms with Gasteiger partial charge in [-0.25, -0.2) is 0 Å². The van der Waals surface area contributed by atoms with Crippen LogP contribution in [0.4, 0.5) is 0 Å². The van der Waals surface area contributed by atoms with Crippen LogP contribution in [-0.4, -0.2) is 29.1 Å². The van der Waals surface area contributed by atoms with Crippen LogP contribution in [0.25, 0.3) is 0 Å². The minimum atomic E-state index is -0.707. The molecule has 1 aromatic carbocycles. The first-order valence-electron chi connectivity index (χ1n) is 6.20. The van der Waals surface area contributed by atoms with Crippen molar-refractivity contribution in [2.75, 3.05) is 13.1 Å². The van der Waals surface area contributed by atoms with Gasteiger partial charge in [0.25, 0.3) is 0 Å². The molecule has 17 heavy (non-hydrogen) atoms. The van der Waals surface area contributed by atoms with Crippen LogP contribution >= 0.6 is 0 Å². The molecule has 0 spiro atoms. The Kier molecular flexibility index (Phi) is 6.33. The molecule has 94 valence electrons. The lowest BCUT2D eigenvalue weighted by Crippen LogP contribution is -2.25. The van der Waals surface area contributed by atoms with E-state index in [-0.39, 0.29) is 6.42 Å². The second-order valence-electron chi connectivity index (χ2n) is 4.26. The lowest BCUT2D eigenvalue weighted by atomic mass is 10.2. The molecular formula is C14H21NO2. The van der Waals surface area contributed by atoms with Gasteiger partial charge >= 0.3 is 5.97 Å². The van der Waals surface area contributed by atoms with E-state index in [1.807, 2.05) is 18.2 Å². The van der Waals surface area contributed by atoms with Gasteiger partial charge in [0.15, 0.2) is 0 Å². The van der Waals surface area contributed by atoms with Gasteiger partial charge in [-0.05, 0) is 31.5 Å². The first kappa shape index (κ1) is 13.7. The van der Waals surface area contributed by atoms with Crippen LogP contribution in [0.5, 0.6) is 0 Å². The molecule has 1 N–H and O–H groups in total. The van der Waals surface area contributed by atoms with E-state index in [1.54, 1.807) is 0 Å². The second kappa shape index (κ2) is 7.85. The van der Waals surface area contributed by atoms with E-state index in [1.165, 1.54) is 5.56 Å². The summed E-state index contributed by atoms with van der Waals surface area (Å²) in [4.78, 5) is 12.8. The summed E-state index contributed by atoms with van der Waals surface area (Å²) < 4.78 is 0. The SMILES string of the molecule is CCCN(CCCC(=O)O)Cc1ccccc1. The fraction of sp³-hybridized carbons (Fsp3) is 0.500. The molecule has 0 unspecified atom stereocenters. The summed E-state index contributed by atoms with van der Waals surface area (Å²) >= 11 is 0. The number of carboxylic acids is 1. The highest BCUT2D eigenvalue weighted by atomic mass is 16.4. The Labute approximate surface area is 103 Å². The molecule has 0 fully saturated rings. The predicted molar refractivity (Wildman–Crippen MR) is 68.9 cm³/mol. The zero-order valence-corrected chi connectivity index (χ0v) is 10.4. The lowest BCUT2D eigenvalue weighted by molar-refractivity contribution is -0.137. The van der Waals surface area contributed by atoms with Crippen molar-refractivity contribution in [2.24, 2.45) is 0 Å². The molecule has 0 saturated heterocycles. The molecule has 0 aliphatic rings. The van der Waals surface area contributed by atoms with Gasteiger partial charge in [-0.2, -0.15) is 0 Å².